The highest BCUT2D eigenvalue weighted by Crippen LogP contribution is 2.14. The lowest BCUT2D eigenvalue weighted by atomic mass is 10.0. The van der Waals surface area contributed by atoms with Gasteiger partial charge in [-0.25, -0.2) is 9.97 Å². The Morgan fingerprint density at radius 3 is 2.20 bits per heavy atom. The topological polar surface area (TPSA) is 84.4 Å². The number of carbonyl (C=O) groups is 2. The highest BCUT2D eigenvalue weighted by Gasteiger charge is 2.29. The Hall–Kier alpha value is -2.02. The first-order chi connectivity index (χ1) is 11.8. The van der Waals surface area contributed by atoms with Crippen LogP contribution in [0.25, 0.3) is 0 Å². The van der Waals surface area contributed by atoms with E-state index in [1.54, 1.807) is 25.7 Å². The molecule has 7 nitrogen and oxygen atoms in total. The van der Waals surface area contributed by atoms with Gasteiger partial charge in [0.1, 0.15) is 11.9 Å². The number of aryl methyl sites for hydroxylation is 3. The van der Waals surface area contributed by atoms with E-state index in [4.69, 9.17) is 4.74 Å². The van der Waals surface area contributed by atoms with Crippen LogP contribution in [0.2, 0.25) is 0 Å². The van der Waals surface area contributed by atoms with Gasteiger partial charge in [-0.1, -0.05) is 13.8 Å². The Morgan fingerprint density at radius 1 is 1.12 bits per heavy atom. The number of hydrogen-bond acceptors (Lipinski definition) is 5. The third kappa shape index (κ3) is 4.98. The highest BCUT2D eigenvalue weighted by atomic mass is 16.5. The Morgan fingerprint density at radius 2 is 1.68 bits per heavy atom. The van der Waals surface area contributed by atoms with Crippen LogP contribution in [0, 0.1) is 26.7 Å². The molecular formula is C18H28N4O3. The smallest absolute Gasteiger partial charge is 0.255 e. The molecule has 0 spiro atoms. The van der Waals surface area contributed by atoms with Crippen molar-refractivity contribution in [1.82, 2.24) is 20.2 Å². The van der Waals surface area contributed by atoms with Gasteiger partial charge in [0, 0.05) is 13.1 Å². The maximum absolute atomic E-state index is 12.8. The van der Waals surface area contributed by atoms with Gasteiger partial charge in [-0.3, -0.25) is 9.59 Å². The molecule has 1 aliphatic rings. The van der Waals surface area contributed by atoms with Crippen molar-refractivity contribution in [1.29, 1.82) is 0 Å². The Bertz CT molecular complexity index is 616. The lowest BCUT2D eigenvalue weighted by Crippen LogP contribution is -2.52. The largest absolute Gasteiger partial charge is 0.378 e. The number of rotatable bonds is 5. The SMILES string of the molecule is Cc1nc(C)c(C(=O)N[C@@H](CC(C)C)C(=O)N2CCOCC2)c(C)n1. The molecule has 1 aromatic rings. The number of ether oxygens (including phenoxy) is 1. The van der Waals surface area contributed by atoms with E-state index >= 15 is 0 Å². The minimum atomic E-state index is -0.550. The average Bonchev–Trinajstić information content (AvgIpc) is 2.53. The molecule has 0 aliphatic carbocycles. The summed E-state index contributed by atoms with van der Waals surface area (Å²) in [4.78, 5) is 36.0. The van der Waals surface area contributed by atoms with Crippen LogP contribution in [0.3, 0.4) is 0 Å². The molecule has 2 amide bonds. The van der Waals surface area contributed by atoms with Gasteiger partial charge in [0.25, 0.3) is 5.91 Å². The first kappa shape index (κ1) is 19.3. The number of hydrogen-bond donors (Lipinski definition) is 1. The van der Waals surface area contributed by atoms with Crippen molar-refractivity contribution in [2.24, 2.45) is 5.92 Å². The number of nitrogens with zero attached hydrogens (tertiary/aromatic N) is 3. The third-order valence-electron chi connectivity index (χ3n) is 4.24. The molecule has 2 heterocycles. The fraction of sp³-hybridized carbons (Fsp3) is 0.667. The first-order valence-electron chi connectivity index (χ1n) is 8.78. The second kappa shape index (κ2) is 8.38. The molecule has 0 bridgehead atoms. The average molecular weight is 348 g/mol. The molecule has 138 valence electrons. The van der Waals surface area contributed by atoms with Crippen molar-refractivity contribution in [2.75, 3.05) is 26.3 Å². The standard InChI is InChI=1S/C18H28N4O3/c1-11(2)10-15(18(24)22-6-8-25-9-7-22)21-17(23)16-12(3)19-14(5)20-13(16)4/h11,15H,6-10H2,1-5H3,(H,21,23)/t15-/m0/s1. The summed E-state index contributed by atoms with van der Waals surface area (Å²) in [5.74, 6) is 0.581. The van der Waals surface area contributed by atoms with Crippen LogP contribution in [-0.2, 0) is 9.53 Å². The minimum absolute atomic E-state index is 0.0475. The molecule has 0 radical (unpaired) electrons. The molecule has 7 heteroatoms. The fourth-order valence-electron chi connectivity index (χ4n) is 3.14. The molecular weight excluding hydrogens is 320 g/mol. The maximum Gasteiger partial charge on any atom is 0.255 e. The van der Waals surface area contributed by atoms with Gasteiger partial charge in [0.15, 0.2) is 0 Å². The van der Waals surface area contributed by atoms with Crippen molar-refractivity contribution in [3.05, 3.63) is 22.8 Å². The summed E-state index contributed by atoms with van der Waals surface area (Å²) in [7, 11) is 0. The molecule has 1 aliphatic heterocycles. The van der Waals surface area contributed by atoms with Gasteiger partial charge in [0.05, 0.1) is 30.2 Å². The molecule has 1 aromatic heterocycles. The number of nitrogens with one attached hydrogen (secondary N) is 1. The molecule has 1 saturated heterocycles. The van der Waals surface area contributed by atoms with Crippen LogP contribution >= 0.6 is 0 Å². The van der Waals surface area contributed by atoms with E-state index in [-0.39, 0.29) is 17.7 Å². The number of amides is 2. The van der Waals surface area contributed by atoms with Crippen molar-refractivity contribution < 1.29 is 14.3 Å². The summed E-state index contributed by atoms with van der Waals surface area (Å²) in [5.41, 5.74) is 1.71. The Balaban J connectivity index is 2.18. The summed E-state index contributed by atoms with van der Waals surface area (Å²) in [5, 5.41) is 2.91. The predicted octanol–water partition coefficient (Wildman–Crippen LogP) is 1.41. The normalized spacial score (nSPS) is 16.0. The third-order valence-corrected chi connectivity index (χ3v) is 4.24. The van der Waals surface area contributed by atoms with E-state index in [0.29, 0.717) is 55.5 Å². The number of aromatic nitrogens is 2. The molecule has 1 atom stereocenters. The fourth-order valence-corrected chi connectivity index (χ4v) is 3.14. The highest BCUT2D eigenvalue weighted by molar-refractivity contribution is 5.99. The summed E-state index contributed by atoms with van der Waals surface area (Å²) in [6.07, 6.45) is 0.590. The van der Waals surface area contributed by atoms with Gasteiger partial charge in [-0.2, -0.15) is 0 Å². The minimum Gasteiger partial charge on any atom is -0.378 e. The zero-order chi connectivity index (χ0) is 18.6. The summed E-state index contributed by atoms with van der Waals surface area (Å²) in [6.45, 7) is 11.7. The lowest BCUT2D eigenvalue weighted by Gasteiger charge is -2.31. The monoisotopic (exact) mass is 348 g/mol. The Kier molecular flexibility index (Phi) is 6.47. The first-order valence-corrected chi connectivity index (χ1v) is 8.78. The number of carbonyl (C=O) groups excluding carboxylic acids is 2. The van der Waals surface area contributed by atoms with E-state index in [1.165, 1.54) is 0 Å². The molecule has 0 unspecified atom stereocenters. The van der Waals surface area contributed by atoms with Crippen molar-refractivity contribution >= 4 is 11.8 Å². The number of morpholine rings is 1. The van der Waals surface area contributed by atoms with Gasteiger partial charge in [-0.15, -0.1) is 0 Å². The molecule has 2 rings (SSSR count). The van der Waals surface area contributed by atoms with E-state index < -0.39 is 6.04 Å². The van der Waals surface area contributed by atoms with Crippen LogP contribution in [0.1, 0.15) is 47.8 Å². The van der Waals surface area contributed by atoms with Gasteiger partial charge in [0.2, 0.25) is 5.91 Å². The summed E-state index contributed by atoms with van der Waals surface area (Å²) < 4.78 is 5.31. The van der Waals surface area contributed by atoms with Crippen LogP contribution in [0.5, 0.6) is 0 Å². The van der Waals surface area contributed by atoms with Gasteiger partial charge in [-0.05, 0) is 33.1 Å². The lowest BCUT2D eigenvalue weighted by molar-refractivity contribution is -0.137. The Labute approximate surface area is 149 Å². The van der Waals surface area contributed by atoms with Crippen molar-refractivity contribution in [3.63, 3.8) is 0 Å². The zero-order valence-corrected chi connectivity index (χ0v) is 15.8. The molecule has 25 heavy (non-hydrogen) atoms. The second-order valence-electron chi connectivity index (χ2n) is 6.91. The molecule has 1 fully saturated rings. The zero-order valence-electron chi connectivity index (χ0n) is 15.8. The van der Waals surface area contributed by atoms with Crippen LogP contribution in [-0.4, -0.2) is 59.0 Å². The van der Waals surface area contributed by atoms with Crippen LogP contribution in [0.4, 0.5) is 0 Å². The van der Waals surface area contributed by atoms with Gasteiger partial charge >= 0.3 is 0 Å². The van der Waals surface area contributed by atoms with Crippen LogP contribution < -0.4 is 5.32 Å². The predicted molar refractivity (Wildman–Crippen MR) is 94.4 cm³/mol. The summed E-state index contributed by atoms with van der Waals surface area (Å²) >= 11 is 0. The second-order valence-corrected chi connectivity index (χ2v) is 6.91. The molecule has 1 N–H and O–H groups in total. The van der Waals surface area contributed by atoms with E-state index in [2.05, 4.69) is 15.3 Å². The van der Waals surface area contributed by atoms with E-state index in [9.17, 15) is 9.59 Å². The molecule has 0 aromatic carbocycles. The van der Waals surface area contributed by atoms with Gasteiger partial charge < -0.3 is 15.0 Å². The maximum atomic E-state index is 12.8. The van der Waals surface area contributed by atoms with E-state index in [1.807, 2.05) is 13.8 Å². The van der Waals surface area contributed by atoms with Crippen molar-refractivity contribution in [2.45, 2.75) is 47.1 Å². The summed E-state index contributed by atoms with van der Waals surface area (Å²) in [6, 6.07) is -0.550. The van der Waals surface area contributed by atoms with Crippen LogP contribution in [0.15, 0.2) is 0 Å². The van der Waals surface area contributed by atoms with E-state index in [0.717, 1.165) is 0 Å². The van der Waals surface area contributed by atoms with Crippen molar-refractivity contribution in [3.8, 4) is 0 Å². The molecule has 0 saturated carbocycles. The quantitative estimate of drug-likeness (QED) is 0.870.